The normalized spacial score (nSPS) is 18.7. The highest BCUT2D eigenvalue weighted by molar-refractivity contribution is 7.09. The first kappa shape index (κ1) is 23.9. The van der Waals surface area contributed by atoms with Crippen LogP contribution >= 0.6 is 11.3 Å². The average molecular weight is 494 g/mol. The Morgan fingerprint density at radius 2 is 2.09 bits per heavy atom. The second-order valence-corrected chi connectivity index (χ2v) is 8.94. The van der Waals surface area contributed by atoms with E-state index in [-0.39, 0.29) is 24.2 Å². The number of alkyl halides is 3. The predicted molar refractivity (Wildman–Crippen MR) is 117 cm³/mol. The zero-order chi connectivity index (χ0) is 24.3. The number of hydrogen-bond donors (Lipinski definition) is 1. The van der Waals surface area contributed by atoms with E-state index in [0.29, 0.717) is 25.1 Å². The first-order valence-corrected chi connectivity index (χ1v) is 11.3. The minimum absolute atomic E-state index is 0.0213. The molecule has 3 heterocycles. The summed E-state index contributed by atoms with van der Waals surface area (Å²) >= 11 is 1.57. The van der Waals surface area contributed by atoms with Crippen LogP contribution in [-0.2, 0) is 28.8 Å². The van der Waals surface area contributed by atoms with Gasteiger partial charge >= 0.3 is 12.1 Å². The Kier molecular flexibility index (Phi) is 6.98. The summed E-state index contributed by atoms with van der Waals surface area (Å²) in [5.41, 5.74) is -0.321. The van der Waals surface area contributed by atoms with Crippen LogP contribution in [0.1, 0.15) is 39.0 Å². The Morgan fingerprint density at radius 1 is 1.26 bits per heavy atom. The maximum absolute atomic E-state index is 13.1. The van der Waals surface area contributed by atoms with Gasteiger partial charge in [-0.05, 0) is 35.6 Å². The van der Waals surface area contributed by atoms with E-state index in [9.17, 15) is 22.8 Å². The predicted octanol–water partition coefficient (Wildman–Crippen LogP) is 3.28. The molecule has 1 aliphatic rings. The summed E-state index contributed by atoms with van der Waals surface area (Å²) < 4.78 is 45.2. The number of hydrogen-bond acceptors (Lipinski definition) is 7. The van der Waals surface area contributed by atoms with Crippen molar-refractivity contribution in [2.24, 2.45) is 0 Å². The van der Waals surface area contributed by atoms with Gasteiger partial charge in [-0.25, -0.2) is 9.48 Å². The fourth-order valence-electron chi connectivity index (χ4n) is 3.94. The number of carbonyl (C=O) groups is 2. The molecule has 8 nitrogen and oxygen atoms in total. The van der Waals surface area contributed by atoms with Gasteiger partial charge in [0.15, 0.2) is 5.69 Å². The first-order valence-electron chi connectivity index (χ1n) is 10.4. The molecule has 1 N–H and O–H groups in total. The molecule has 0 unspecified atom stereocenters. The van der Waals surface area contributed by atoms with Crippen LogP contribution in [0.25, 0.3) is 0 Å². The van der Waals surface area contributed by atoms with Crippen LogP contribution < -0.4 is 5.32 Å². The lowest BCUT2D eigenvalue weighted by atomic mass is 10.1. The number of benzene rings is 1. The molecule has 4 rings (SSSR count). The third-order valence-electron chi connectivity index (χ3n) is 5.62. The van der Waals surface area contributed by atoms with Gasteiger partial charge in [-0.15, -0.1) is 16.4 Å². The number of halogens is 3. The highest BCUT2D eigenvalue weighted by atomic mass is 32.1. The Morgan fingerprint density at radius 3 is 2.79 bits per heavy atom. The molecule has 12 heteroatoms. The molecule has 1 aliphatic heterocycles. The molecule has 1 saturated heterocycles. The van der Waals surface area contributed by atoms with Gasteiger partial charge < -0.3 is 10.1 Å². The summed E-state index contributed by atoms with van der Waals surface area (Å²) in [7, 11) is 1.25. The number of thiophene rings is 1. The molecule has 0 aliphatic carbocycles. The summed E-state index contributed by atoms with van der Waals surface area (Å²) in [6.45, 7) is 1.00. The summed E-state index contributed by atoms with van der Waals surface area (Å²) in [6, 6.07) is 8.06. The quantitative estimate of drug-likeness (QED) is 0.509. The van der Waals surface area contributed by atoms with Crippen molar-refractivity contribution >= 4 is 23.2 Å². The van der Waals surface area contributed by atoms with E-state index >= 15 is 0 Å². The van der Waals surface area contributed by atoms with Crippen LogP contribution in [-0.4, -0.2) is 51.5 Å². The molecule has 1 fully saturated rings. The molecule has 3 aromatic rings. The van der Waals surface area contributed by atoms with E-state index in [2.05, 4.69) is 20.4 Å². The fourth-order valence-corrected chi connectivity index (χ4v) is 4.67. The number of carbonyl (C=O) groups excluding carboxylic acids is 2. The number of esters is 1. The minimum Gasteiger partial charge on any atom is -0.464 e. The molecule has 180 valence electrons. The molecule has 1 aromatic carbocycles. The van der Waals surface area contributed by atoms with Gasteiger partial charge in [0.05, 0.1) is 31.0 Å². The van der Waals surface area contributed by atoms with Crippen LogP contribution in [0.3, 0.4) is 0 Å². The Hall–Kier alpha value is -3.25. The number of ether oxygens (including phenoxy) is 1. The highest BCUT2D eigenvalue weighted by Gasteiger charge is 2.38. The maximum atomic E-state index is 13.1. The Labute approximate surface area is 197 Å². The van der Waals surface area contributed by atoms with Crippen molar-refractivity contribution in [2.75, 3.05) is 13.7 Å². The van der Waals surface area contributed by atoms with E-state index in [1.165, 1.54) is 19.4 Å². The van der Waals surface area contributed by atoms with Gasteiger partial charge in [-0.2, -0.15) is 13.2 Å². The number of likely N-dealkylation sites (tertiary alicyclic amines) is 1. The lowest BCUT2D eigenvalue weighted by molar-refractivity contribution is -0.137. The summed E-state index contributed by atoms with van der Waals surface area (Å²) in [5, 5.41) is 12.6. The number of rotatable bonds is 7. The number of nitrogens with zero attached hydrogens (tertiary/aromatic N) is 4. The van der Waals surface area contributed by atoms with Crippen LogP contribution in [0.2, 0.25) is 0 Å². The molecule has 0 bridgehead atoms. The van der Waals surface area contributed by atoms with Gasteiger partial charge in [0, 0.05) is 24.5 Å². The van der Waals surface area contributed by atoms with Crippen LogP contribution in [0, 0.1) is 0 Å². The topological polar surface area (TPSA) is 89.4 Å². The van der Waals surface area contributed by atoms with Crippen molar-refractivity contribution in [1.29, 1.82) is 0 Å². The zero-order valence-electron chi connectivity index (χ0n) is 18.2. The molecule has 2 atom stereocenters. The molecule has 0 spiro atoms. The van der Waals surface area contributed by atoms with Gasteiger partial charge in [0.25, 0.3) is 0 Å². The van der Waals surface area contributed by atoms with E-state index in [0.717, 1.165) is 17.0 Å². The van der Waals surface area contributed by atoms with Gasteiger partial charge in [-0.1, -0.05) is 23.4 Å². The van der Waals surface area contributed by atoms with Crippen molar-refractivity contribution < 1.29 is 27.5 Å². The molecule has 0 saturated carbocycles. The lowest BCUT2D eigenvalue weighted by Crippen LogP contribution is -2.42. The Balaban J connectivity index is 1.47. The summed E-state index contributed by atoms with van der Waals surface area (Å²) in [4.78, 5) is 27.9. The number of aromatic nitrogens is 3. The van der Waals surface area contributed by atoms with E-state index in [1.54, 1.807) is 22.1 Å². The molecule has 1 amide bonds. The standard InChI is InChI=1S/C22H22F3N5O3S/c1-33-21(32)18-13-30(28-27-18)16-9-19(29(11-16)12-17-6-3-7-34-17)20(31)26-10-14-4-2-5-15(8-14)22(23,24)25/h2-8,13,16,19H,9-12H2,1H3,(H,26,31)/t16-,19+/m1/s1. The van der Waals surface area contributed by atoms with Gasteiger partial charge in [-0.3, -0.25) is 9.69 Å². The molecule has 2 aromatic heterocycles. The van der Waals surface area contributed by atoms with Gasteiger partial charge in [0.2, 0.25) is 5.91 Å². The molecule has 34 heavy (non-hydrogen) atoms. The van der Waals surface area contributed by atoms with E-state index < -0.39 is 23.8 Å². The third-order valence-corrected chi connectivity index (χ3v) is 6.48. The molecular formula is C22H22F3N5O3S. The summed E-state index contributed by atoms with van der Waals surface area (Å²) in [5.74, 6) is -0.889. The minimum atomic E-state index is -4.45. The van der Waals surface area contributed by atoms with Crippen LogP contribution in [0.15, 0.2) is 48.0 Å². The summed E-state index contributed by atoms with van der Waals surface area (Å²) in [6.07, 6.45) is -2.55. The van der Waals surface area contributed by atoms with Crippen molar-refractivity contribution in [1.82, 2.24) is 25.2 Å². The van der Waals surface area contributed by atoms with Crippen molar-refractivity contribution in [3.63, 3.8) is 0 Å². The van der Waals surface area contributed by atoms with E-state index in [4.69, 9.17) is 0 Å². The monoisotopic (exact) mass is 493 g/mol. The number of nitrogens with one attached hydrogen (secondary N) is 1. The highest BCUT2D eigenvalue weighted by Crippen LogP contribution is 2.31. The number of amides is 1. The van der Waals surface area contributed by atoms with Gasteiger partial charge in [0.1, 0.15) is 0 Å². The smallest absolute Gasteiger partial charge is 0.416 e. The van der Waals surface area contributed by atoms with Crippen LogP contribution in [0.4, 0.5) is 13.2 Å². The van der Waals surface area contributed by atoms with Crippen LogP contribution in [0.5, 0.6) is 0 Å². The van der Waals surface area contributed by atoms with Crippen molar-refractivity contribution in [3.8, 4) is 0 Å². The van der Waals surface area contributed by atoms with Crippen molar-refractivity contribution in [2.45, 2.75) is 37.8 Å². The Bertz CT molecular complexity index is 1150. The van der Waals surface area contributed by atoms with Crippen molar-refractivity contribution in [3.05, 3.63) is 69.7 Å². The third kappa shape index (κ3) is 5.45. The molecule has 0 radical (unpaired) electrons. The second-order valence-electron chi connectivity index (χ2n) is 7.91. The fraction of sp³-hybridized carbons (Fsp3) is 0.364. The number of methoxy groups -OCH3 is 1. The lowest BCUT2D eigenvalue weighted by Gasteiger charge is -2.23. The molecular weight excluding hydrogens is 471 g/mol. The SMILES string of the molecule is COC(=O)c1cn([C@@H]2C[C@@H](C(=O)NCc3cccc(C(F)(F)F)c3)N(Cc3cccs3)C2)nn1. The average Bonchev–Trinajstić information content (AvgIpc) is 3.58. The zero-order valence-corrected chi connectivity index (χ0v) is 19.0. The van der Waals surface area contributed by atoms with E-state index in [1.807, 2.05) is 22.4 Å². The first-order chi connectivity index (χ1) is 16.2. The maximum Gasteiger partial charge on any atom is 0.416 e. The second kappa shape index (κ2) is 9.94. The largest absolute Gasteiger partial charge is 0.464 e.